The van der Waals surface area contributed by atoms with Gasteiger partial charge < -0.3 is 4.90 Å². The SMILES string of the molecule is CC(C)(C)C1CCCN(C(=O)c2ncccc2Br)CC1. The van der Waals surface area contributed by atoms with Gasteiger partial charge in [-0.25, -0.2) is 4.98 Å². The van der Waals surface area contributed by atoms with Crippen LogP contribution in [0.3, 0.4) is 0 Å². The molecule has 0 spiro atoms. The van der Waals surface area contributed by atoms with E-state index in [9.17, 15) is 4.79 Å². The summed E-state index contributed by atoms with van der Waals surface area (Å²) in [7, 11) is 0. The average molecular weight is 339 g/mol. The molecular formula is C16H23BrN2O. The molecule has 0 saturated carbocycles. The minimum absolute atomic E-state index is 0.0482. The summed E-state index contributed by atoms with van der Waals surface area (Å²) < 4.78 is 0.779. The Bertz CT molecular complexity index is 482. The Morgan fingerprint density at radius 1 is 1.35 bits per heavy atom. The first kappa shape index (κ1) is 15.5. The maximum atomic E-state index is 12.6. The first-order valence-corrected chi connectivity index (χ1v) is 8.08. The van der Waals surface area contributed by atoms with Crippen molar-refractivity contribution in [2.45, 2.75) is 40.0 Å². The molecule has 1 aliphatic heterocycles. The molecule has 1 amide bonds. The molecule has 1 aromatic rings. The first-order chi connectivity index (χ1) is 9.39. The van der Waals surface area contributed by atoms with Crippen molar-refractivity contribution in [3.63, 3.8) is 0 Å². The molecule has 1 aromatic heterocycles. The van der Waals surface area contributed by atoms with Crippen molar-refractivity contribution in [2.24, 2.45) is 11.3 Å². The topological polar surface area (TPSA) is 33.2 Å². The highest BCUT2D eigenvalue weighted by Gasteiger charge is 2.29. The van der Waals surface area contributed by atoms with Gasteiger partial charge in [0.1, 0.15) is 5.69 Å². The van der Waals surface area contributed by atoms with Crippen molar-refractivity contribution in [3.05, 3.63) is 28.5 Å². The third kappa shape index (κ3) is 3.60. The van der Waals surface area contributed by atoms with E-state index < -0.39 is 0 Å². The van der Waals surface area contributed by atoms with E-state index in [1.165, 1.54) is 6.42 Å². The van der Waals surface area contributed by atoms with Gasteiger partial charge in [-0.05, 0) is 58.7 Å². The van der Waals surface area contributed by atoms with Gasteiger partial charge in [-0.1, -0.05) is 20.8 Å². The molecule has 0 radical (unpaired) electrons. The summed E-state index contributed by atoms with van der Waals surface area (Å²) in [5.41, 5.74) is 0.853. The maximum absolute atomic E-state index is 12.6. The van der Waals surface area contributed by atoms with Crippen LogP contribution in [0.2, 0.25) is 0 Å². The molecule has 3 nitrogen and oxygen atoms in total. The van der Waals surface area contributed by atoms with Crippen LogP contribution in [0.1, 0.15) is 50.5 Å². The lowest BCUT2D eigenvalue weighted by atomic mass is 9.77. The first-order valence-electron chi connectivity index (χ1n) is 7.29. The van der Waals surface area contributed by atoms with Crippen LogP contribution in [0.5, 0.6) is 0 Å². The molecule has 2 heterocycles. The van der Waals surface area contributed by atoms with E-state index in [4.69, 9.17) is 0 Å². The fraction of sp³-hybridized carbons (Fsp3) is 0.625. The number of likely N-dealkylation sites (tertiary alicyclic amines) is 1. The summed E-state index contributed by atoms with van der Waals surface area (Å²) in [5, 5.41) is 0. The zero-order chi connectivity index (χ0) is 14.8. The lowest BCUT2D eigenvalue weighted by Gasteiger charge is -2.29. The third-order valence-corrected chi connectivity index (χ3v) is 4.84. The second-order valence-corrected chi connectivity index (χ2v) is 7.47. The fourth-order valence-electron chi connectivity index (χ4n) is 2.86. The maximum Gasteiger partial charge on any atom is 0.273 e. The molecule has 20 heavy (non-hydrogen) atoms. The van der Waals surface area contributed by atoms with Crippen molar-refractivity contribution in [3.8, 4) is 0 Å². The number of halogens is 1. The van der Waals surface area contributed by atoms with E-state index in [1.54, 1.807) is 6.20 Å². The van der Waals surface area contributed by atoms with Crippen molar-refractivity contribution in [1.29, 1.82) is 0 Å². The second kappa shape index (κ2) is 6.25. The van der Waals surface area contributed by atoms with Gasteiger partial charge in [0, 0.05) is 23.8 Å². The minimum atomic E-state index is 0.0482. The van der Waals surface area contributed by atoms with Gasteiger partial charge in [0.05, 0.1) is 0 Å². The van der Waals surface area contributed by atoms with E-state index in [-0.39, 0.29) is 5.91 Å². The predicted octanol–water partition coefficient (Wildman–Crippen LogP) is 4.13. The molecule has 0 bridgehead atoms. The summed E-state index contributed by atoms with van der Waals surface area (Å²) in [6, 6.07) is 3.70. The van der Waals surface area contributed by atoms with Gasteiger partial charge in [0.25, 0.3) is 5.91 Å². The van der Waals surface area contributed by atoms with Crippen LogP contribution >= 0.6 is 15.9 Å². The van der Waals surface area contributed by atoms with E-state index in [1.807, 2.05) is 17.0 Å². The van der Waals surface area contributed by atoms with Gasteiger partial charge >= 0.3 is 0 Å². The Balaban J connectivity index is 2.08. The van der Waals surface area contributed by atoms with Crippen LogP contribution in [0.4, 0.5) is 0 Å². The molecule has 0 N–H and O–H groups in total. The normalized spacial score (nSPS) is 20.6. The van der Waals surface area contributed by atoms with E-state index in [0.29, 0.717) is 17.0 Å². The molecule has 2 rings (SSSR count). The molecular weight excluding hydrogens is 316 g/mol. The van der Waals surface area contributed by atoms with E-state index in [0.717, 1.165) is 30.4 Å². The van der Waals surface area contributed by atoms with Gasteiger partial charge in [-0.2, -0.15) is 0 Å². The number of pyridine rings is 1. The van der Waals surface area contributed by atoms with Crippen LogP contribution in [0.25, 0.3) is 0 Å². The zero-order valence-corrected chi connectivity index (χ0v) is 14.1. The number of hydrogen-bond acceptors (Lipinski definition) is 2. The Labute approximate surface area is 129 Å². The molecule has 1 aliphatic rings. The monoisotopic (exact) mass is 338 g/mol. The Morgan fingerprint density at radius 3 is 2.75 bits per heavy atom. The van der Waals surface area contributed by atoms with Crippen LogP contribution in [-0.4, -0.2) is 28.9 Å². The molecule has 1 unspecified atom stereocenters. The quantitative estimate of drug-likeness (QED) is 0.771. The van der Waals surface area contributed by atoms with Crippen molar-refractivity contribution < 1.29 is 4.79 Å². The van der Waals surface area contributed by atoms with Crippen LogP contribution in [0.15, 0.2) is 22.8 Å². The van der Waals surface area contributed by atoms with Gasteiger partial charge in [0.15, 0.2) is 0 Å². The van der Waals surface area contributed by atoms with Crippen molar-refractivity contribution in [2.75, 3.05) is 13.1 Å². The molecule has 0 aromatic carbocycles. The van der Waals surface area contributed by atoms with Gasteiger partial charge in [0.2, 0.25) is 0 Å². The number of aromatic nitrogens is 1. The van der Waals surface area contributed by atoms with Gasteiger partial charge in [-0.15, -0.1) is 0 Å². The summed E-state index contributed by atoms with van der Waals surface area (Å²) in [6.45, 7) is 8.57. The lowest BCUT2D eigenvalue weighted by molar-refractivity contribution is 0.0748. The highest BCUT2D eigenvalue weighted by molar-refractivity contribution is 9.10. The van der Waals surface area contributed by atoms with Crippen molar-refractivity contribution in [1.82, 2.24) is 9.88 Å². The molecule has 110 valence electrons. The van der Waals surface area contributed by atoms with E-state index in [2.05, 4.69) is 41.7 Å². The Hall–Kier alpha value is -0.900. The van der Waals surface area contributed by atoms with Crippen LogP contribution < -0.4 is 0 Å². The van der Waals surface area contributed by atoms with E-state index >= 15 is 0 Å². The third-order valence-electron chi connectivity index (χ3n) is 4.20. The molecule has 0 aliphatic carbocycles. The smallest absolute Gasteiger partial charge is 0.273 e. The molecule has 1 atom stereocenters. The largest absolute Gasteiger partial charge is 0.337 e. The van der Waals surface area contributed by atoms with Gasteiger partial charge in [-0.3, -0.25) is 4.79 Å². The standard InChI is InChI=1S/C16H23BrN2O/c1-16(2,3)12-6-5-10-19(11-8-12)15(20)14-13(17)7-4-9-18-14/h4,7,9,12H,5-6,8,10-11H2,1-3H3. The second-order valence-electron chi connectivity index (χ2n) is 6.62. The summed E-state index contributed by atoms with van der Waals surface area (Å²) in [6.07, 6.45) is 5.04. The number of rotatable bonds is 1. The van der Waals surface area contributed by atoms with Crippen LogP contribution in [0, 0.1) is 11.3 Å². The highest BCUT2D eigenvalue weighted by atomic mass is 79.9. The lowest BCUT2D eigenvalue weighted by Crippen LogP contribution is -2.33. The Kier molecular flexibility index (Phi) is 4.84. The minimum Gasteiger partial charge on any atom is -0.337 e. The summed E-state index contributed by atoms with van der Waals surface area (Å²) in [5.74, 6) is 0.736. The highest BCUT2D eigenvalue weighted by Crippen LogP contribution is 2.34. The number of amides is 1. The number of carbonyl (C=O) groups excluding carboxylic acids is 1. The fourth-order valence-corrected chi connectivity index (χ4v) is 3.28. The molecule has 1 saturated heterocycles. The number of nitrogens with zero attached hydrogens (tertiary/aromatic N) is 2. The number of hydrogen-bond donors (Lipinski definition) is 0. The average Bonchev–Trinajstić information content (AvgIpc) is 2.63. The molecule has 1 fully saturated rings. The zero-order valence-electron chi connectivity index (χ0n) is 12.5. The van der Waals surface area contributed by atoms with Crippen molar-refractivity contribution >= 4 is 21.8 Å². The Morgan fingerprint density at radius 2 is 2.10 bits per heavy atom. The summed E-state index contributed by atoms with van der Waals surface area (Å²) in [4.78, 5) is 18.7. The molecule has 4 heteroatoms. The number of carbonyl (C=O) groups is 1. The summed E-state index contributed by atoms with van der Waals surface area (Å²) >= 11 is 3.42. The van der Waals surface area contributed by atoms with Crippen LogP contribution in [-0.2, 0) is 0 Å². The predicted molar refractivity (Wildman–Crippen MR) is 84.6 cm³/mol.